The van der Waals surface area contributed by atoms with Crippen molar-refractivity contribution in [2.45, 2.75) is 26.4 Å². The van der Waals surface area contributed by atoms with Crippen molar-refractivity contribution in [3.8, 4) is 5.75 Å². The second kappa shape index (κ2) is 7.78. The summed E-state index contributed by atoms with van der Waals surface area (Å²) in [6.07, 6.45) is 0. The van der Waals surface area contributed by atoms with Crippen molar-refractivity contribution in [2.75, 3.05) is 19.8 Å². The van der Waals surface area contributed by atoms with Gasteiger partial charge in [-0.2, -0.15) is 0 Å². The monoisotopic (exact) mass is 295 g/mol. The molecule has 4 nitrogen and oxygen atoms in total. The SMILES string of the molecule is C=C(C)COCCNC(=O)C(C)(C)Oc1ccc(F)cc1. The van der Waals surface area contributed by atoms with Crippen molar-refractivity contribution in [1.82, 2.24) is 5.32 Å². The van der Waals surface area contributed by atoms with Crippen molar-refractivity contribution in [3.05, 3.63) is 42.2 Å². The standard InChI is InChI=1S/C16H22FNO3/c1-12(2)11-20-10-9-18-15(19)16(3,4)21-14-7-5-13(17)6-8-14/h5-8H,1,9-11H2,2-4H3,(H,18,19). The summed E-state index contributed by atoms with van der Waals surface area (Å²) in [5.74, 6) is -0.167. The van der Waals surface area contributed by atoms with Crippen LogP contribution < -0.4 is 10.1 Å². The highest BCUT2D eigenvalue weighted by molar-refractivity contribution is 5.84. The van der Waals surface area contributed by atoms with Crippen LogP contribution >= 0.6 is 0 Å². The molecule has 0 radical (unpaired) electrons. The van der Waals surface area contributed by atoms with Gasteiger partial charge in [0, 0.05) is 6.54 Å². The Bertz CT molecular complexity index is 483. The Labute approximate surface area is 124 Å². The highest BCUT2D eigenvalue weighted by Crippen LogP contribution is 2.18. The molecule has 0 spiro atoms. The summed E-state index contributed by atoms with van der Waals surface area (Å²) < 4.78 is 23.7. The van der Waals surface area contributed by atoms with Crippen LogP contribution in [0.25, 0.3) is 0 Å². The largest absolute Gasteiger partial charge is 0.478 e. The maximum absolute atomic E-state index is 12.8. The Morgan fingerprint density at radius 1 is 1.33 bits per heavy atom. The Hall–Kier alpha value is -1.88. The van der Waals surface area contributed by atoms with E-state index in [0.29, 0.717) is 25.5 Å². The zero-order valence-corrected chi connectivity index (χ0v) is 12.7. The van der Waals surface area contributed by atoms with Crippen LogP contribution in [0.3, 0.4) is 0 Å². The molecule has 0 fully saturated rings. The molecule has 1 aromatic carbocycles. The molecule has 0 aliphatic carbocycles. The molecule has 0 saturated carbocycles. The molecule has 0 aliphatic heterocycles. The van der Waals surface area contributed by atoms with E-state index in [-0.39, 0.29) is 11.7 Å². The van der Waals surface area contributed by atoms with Gasteiger partial charge in [-0.1, -0.05) is 12.2 Å². The molecule has 0 aliphatic rings. The van der Waals surface area contributed by atoms with E-state index in [1.54, 1.807) is 13.8 Å². The quantitative estimate of drug-likeness (QED) is 0.592. The first-order chi connectivity index (χ1) is 9.81. The van der Waals surface area contributed by atoms with Crippen LogP contribution in [0.15, 0.2) is 36.4 Å². The van der Waals surface area contributed by atoms with Crippen molar-refractivity contribution in [2.24, 2.45) is 0 Å². The number of hydrogen-bond acceptors (Lipinski definition) is 3. The maximum atomic E-state index is 12.8. The lowest BCUT2D eigenvalue weighted by atomic mass is 10.1. The van der Waals surface area contributed by atoms with Gasteiger partial charge >= 0.3 is 0 Å². The normalized spacial score (nSPS) is 11.0. The molecule has 0 aromatic heterocycles. The first-order valence-corrected chi connectivity index (χ1v) is 6.76. The van der Waals surface area contributed by atoms with Gasteiger partial charge in [-0.3, -0.25) is 4.79 Å². The Kier molecular flexibility index (Phi) is 6.37. The van der Waals surface area contributed by atoms with E-state index in [4.69, 9.17) is 9.47 Å². The van der Waals surface area contributed by atoms with Crippen molar-refractivity contribution in [1.29, 1.82) is 0 Å². The van der Waals surface area contributed by atoms with Gasteiger partial charge in [0.15, 0.2) is 5.60 Å². The van der Waals surface area contributed by atoms with Crippen LogP contribution in [0.2, 0.25) is 0 Å². The molecule has 0 bridgehead atoms. The number of amides is 1. The Morgan fingerprint density at radius 2 is 1.95 bits per heavy atom. The van der Waals surface area contributed by atoms with Crippen LogP contribution in [0.5, 0.6) is 5.75 Å². The van der Waals surface area contributed by atoms with Gasteiger partial charge in [-0.15, -0.1) is 0 Å². The number of benzene rings is 1. The highest BCUT2D eigenvalue weighted by Gasteiger charge is 2.29. The molecular weight excluding hydrogens is 273 g/mol. The topological polar surface area (TPSA) is 47.6 Å². The van der Waals surface area contributed by atoms with Gasteiger partial charge in [-0.25, -0.2) is 4.39 Å². The fourth-order valence-corrected chi connectivity index (χ4v) is 1.54. The number of hydrogen-bond donors (Lipinski definition) is 1. The predicted octanol–water partition coefficient (Wildman–Crippen LogP) is 2.69. The molecule has 0 heterocycles. The zero-order chi connectivity index (χ0) is 15.9. The minimum atomic E-state index is -1.05. The minimum absolute atomic E-state index is 0.259. The van der Waals surface area contributed by atoms with Crippen molar-refractivity contribution in [3.63, 3.8) is 0 Å². The van der Waals surface area contributed by atoms with Gasteiger partial charge in [-0.05, 0) is 45.0 Å². The number of carbonyl (C=O) groups is 1. The van der Waals surface area contributed by atoms with Gasteiger partial charge in [0.25, 0.3) is 5.91 Å². The van der Waals surface area contributed by atoms with Gasteiger partial charge < -0.3 is 14.8 Å². The predicted molar refractivity (Wildman–Crippen MR) is 79.7 cm³/mol. The number of rotatable bonds is 8. The molecule has 0 unspecified atom stereocenters. The van der Waals surface area contributed by atoms with E-state index < -0.39 is 5.60 Å². The van der Waals surface area contributed by atoms with Crippen LogP contribution in [-0.4, -0.2) is 31.3 Å². The summed E-state index contributed by atoms with van der Waals surface area (Å²) >= 11 is 0. The first-order valence-electron chi connectivity index (χ1n) is 6.76. The molecule has 1 amide bonds. The molecule has 1 rings (SSSR count). The molecule has 5 heteroatoms. The van der Waals surface area contributed by atoms with E-state index in [0.717, 1.165) is 5.57 Å². The lowest BCUT2D eigenvalue weighted by molar-refractivity contribution is -0.134. The number of ether oxygens (including phenoxy) is 2. The molecule has 21 heavy (non-hydrogen) atoms. The second-order valence-corrected chi connectivity index (χ2v) is 5.33. The Balaban J connectivity index is 2.40. The lowest BCUT2D eigenvalue weighted by Crippen LogP contribution is -2.47. The average molecular weight is 295 g/mol. The van der Waals surface area contributed by atoms with Gasteiger partial charge in [0.2, 0.25) is 0 Å². The van der Waals surface area contributed by atoms with E-state index in [2.05, 4.69) is 11.9 Å². The van der Waals surface area contributed by atoms with Crippen molar-refractivity contribution >= 4 is 5.91 Å². The molecule has 1 aromatic rings. The van der Waals surface area contributed by atoms with Crippen LogP contribution in [0.1, 0.15) is 20.8 Å². The third-order valence-electron chi connectivity index (χ3n) is 2.61. The van der Waals surface area contributed by atoms with E-state index in [1.807, 2.05) is 6.92 Å². The zero-order valence-electron chi connectivity index (χ0n) is 12.7. The third-order valence-corrected chi connectivity index (χ3v) is 2.61. The van der Waals surface area contributed by atoms with E-state index in [1.165, 1.54) is 24.3 Å². The fourth-order valence-electron chi connectivity index (χ4n) is 1.54. The maximum Gasteiger partial charge on any atom is 0.263 e. The Morgan fingerprint density at radius 3 is 2.52 bits per heavy atom. The molecule has 0 atom stereocenters. The average Bonchev–Trinajstić information content (AvgIpc) is 2.40. The van der Waals surface area contributed by atoms with Crippen molar-refractivity contribution < 1.29 is 18.7 Å². The molecular formula is C16H22FNO3. The molecule has 1 N–H and O–H groups in total. The fraction of sp³-hybridized carbons (Fsp3) is 0.438. The number of carbonyl (C=O) groups excluding carboxylic acids is 1. The van der Waals surface area contributed by atoms with Crippen LogP contribution in [-0.2, 0) is 9.53 Å². The third kappa shape index (κ3) is 6.40. The summed E-state index contributed by atoms with van der Waals surface area (Å²) in [4.78, 5) is 12.0. The van der Waals surface area contributed by atoms with E-state index >= 15 is 0 Å². The molecule has 0 saturated heterocycles. The van der Waals surface area contributed by atoms with Gasteiger partial charge in [0.1, 0.15) is 11.6 Å². The minimum Gasteiger partial charge on any atom is -0.478 e. The second-order valence-electron chi connectivity index (χ2n) is 5.33. The van der Waals surface area contributed by atoms with E-state index in [9.17, 15) is 9.18 Å². The van der Waals surface area contributed by atoms with Crippen LogP contribution in [0, 0.1) is 5.82 Å². The summed E-state index contributed by atoms with van der Waals surface area (Å²) in [7, 11) is 0. The highest BCUT2D eigenvalue weighted by atomic mass is 19.1. The summed E-state index contributed by atoms with van der Waals surface area (Å²) in [6, 6.07) is 5.55. The summed E-state index contributed by atoms with van der Waals surface area (Å²) in [5.41, 5.74) is -0.118. The smallest absolute Gasteiger partial charge is 0.263 e. The van der Waals surface area contributed by atoms with Crippen LogP contribution in [0.4, 0.5) is 4.39 Å². The van der Waals surface area contributed by atoms with Gasteiger partial charge in [0.05, 0.1) is 13.2 Å². The summed E-state index contributed by atoms with van der Waals surface area (Å²) in [5, 5.41) is 2.74. The first kappa shape index (κ1) is 17.2. The molecule has 116 valence electrons. The number of nitrogens with one attached hydrogen (secondary N) is 1. The summed E-state index contributed by atoms with van der Waals surface area (Å²) in [6.45, 7) is 10.2. The number of halogens is 1. The lowest BCUT2D eigenvalue weighted by Gasteiger charge is -2.25.